The molecule has 0 bridgehead atoms. The summed E-state index contributed by atoms with van der Waals surface area (Å²) in [7, 11) is 0. The smallest absolute Gasteiger partial charge is 0.0475 e. The second-order valence-electron chi connectivity index (χ2n) is 10.1. The molecule has 0 nitrogen and oxygen atoms in total. The molecule has 4 aliphatic carbocycles. The number of fused-ring (bicyclic) bond motifs is 4. The maximum atomic E-state index is 6.58. The molecule has 0 heterocycles. The van der Waals surface area contributed by atoms with Crippen molar-refractivity contribution in [3.63, 3.8) is 0 Å². The molecule has 4 aliphatic rings. The van der Waals surface area contributed by atoms with Crippen molar-refractivity contribution < 1.29 is 0 Å². The maximum absolute atomic E-state index is 6.58. The molecule has 6 rings (SSSR count). The van der Waals surface area contributed by atoms with Crippen molar-refractivity contribution in [2.75, 3.05) is 0 Å². The number of rotatable bonds is 1. The number of hydrogen-bond donors (Lipinski definition) is 0. The normalized spacial score (nSPS) is 17.2. The average Bonchev–Trinajstić information content (AvgIpc) is 3.59. The molecular formula is C30H40BrCl. The van der Waals surface area contributed by atoms with Gasteiger partial charge in [0, 0.05) is 9.50 Å². The van der Waals surface area contributed by atoms with Crippen LogP contribution in [0.5, 0.6) is 0 Å². The lowest BCUT2D eigenvalue weighted by molar-refractivity contribution is 0.816. The van der Waals surface area contributed by atoms with E-state index >= 15 is 0 Å². The van der Waals surface area contributed by atoms with Crippen LogP contribution >= 0.6 is 27.5 Å². The third-order valence-corrected chi connectivity index (χ3v) is 9.48. The van der Waals surface area contributed by atoms with Gasteiger partial charge in [-0.2, -0.15) is 0 Å². The monoisotopic (exact) mass is 514 g/mol. The molecule has 0 radical (unpaired) electrons. The van der Waals surface area contributed by atoms with Gasteiger partial charge in [-0.15, -0.1) is 0 Å². The summed E-state index contributed by atoms with van der Waals surface area (Å²) in [5, 5.41) is 1.13. The Kier molecular flexibility index (Phi) is 7.78. The van der Waals surface area contributed by atoms with Gasteiger partial charge < -0.3 is 0 Å². The summed E-state index contributed by atoms with van der Waals surface area (Å²) >= 11 is 10.4. The predicted octanol–water partition coefficient (Wildman–Crippen LogP) is 9.20. The van der Waals surface area contributed by atoms with Gasteiger partial charge in [-0.3, -0.25) is 0 Å². The maximum Gasteiger partial charge on any atom is 0.0475 e. The van der Waals surface area contributed by atoms with Crippen LogP contribution in [0.25, 0.3) is 0 Å². The van der Waals surface area contributed by atoms with Crippen LogP contribution in [0.4, 0.5) is 0 Å². The molecule has 2 aromatic rings. The van der Waals surface area contributed by atoms with Gasteiger partial charge in [0.05, 0.1) is 0 Å². The van der Waals surface area contributed by atoms with Crippen LogP contribution in [0.15, 0.2) is 4.47 Å². The first kappa shape index (κ1) is 24.3. The largest absolute Gasteiger partial charge is 0.0837 e. The van der Waals surface area contributed by atoms with E-state index in [0.29, 0.717) is 5.92 Å². The van der Waals surface area contributed by atoms with Crippen LogP contribution in [0, 0.1) is 6.92 Å². The van der Waals surface area contributed by atoms with Crippen molar-refractivity contribution in [3.8, 4) is 0 Å². The van der Waals surface area contributed by atoms with Crippen molar-refractivity contribution in [1.29, 1.82) is 0 Å². The Hall–Kier alpha value is -0.790. The quantitative estimate of drug-likeness (QED) is 0.355. The third-order valence-electron chi connectivity index (χ3n) is 8.06. The summed E-state index contributed by atoms with van der Waals surface area (Å²) in [6, 6.07) is 0. The molecular weight excluding hydrogens is 476 g/mol. The van der Waals surface area contributed by atoms with Crippen molar-refractivity contribution >= 4 is 27.5 Å². The Morgan fingerprint density at radius 2 is 0.938 bits per heavy atom. The summed E-state index contributed by atoms with van der Waals surface area (Å²) in [5.41, 5.74) is 16.1. The highest BCUT2D eigenvalue weighted by molar-refractivity contribution is 9.10. The van der Waals surface area contributed by atoms with E-state index in [0.717, 1.165) is 5.02 Å². The molecule has 0 aliphatic heterocycles. The number of benzene rings is 2. The fraction of sp³-hybridized carbons (Fsp3) is 0.600. The first-order chi connectivity index (χ1) is 15.5. The van der Waals surface area contributed by atoms with E-state index in [1.165, 1.54) is 92.6 Å². The summed E-state index contributed by atoms with van der Waals surface area (Å²) in [4.78, 5) is 0. The number of hydrogen-bond acceptors (Lipinski definition) is 0. The summed E-state index contributed by atoms with van der Waals surface area (Å²) in [5.74, 6) is 0.663. The minimum atomic E-state index is 0.663. The van der Waals surface area contributed by atoms with E-state index in [1.54, 1.807) is 44.5 Å². The SMILES string of the molecule is CC.CC(C)c1c2c(c(Cl)c3c1CCC3)CCC2.Cc1c2c(c(Br)c3c1CCC3)CCC2. The zero-order valence-electron chi connectivity index (χ0n) is 20.8. The average molecular weight is 516 g/mol. The van der Waals surface area contributed by atoms with Gasteiger partial charge in [0.2, 0.25) is 0 Å². The Morgan fingerprint density at radius 3 is 1.34 bits per heavy atom. The van der Waals surface area contributed by atoms with Crippen LogP contribution < -0.4 is 0 Å². The molecule has 32 heavy (non-hydrogen) atoms. The van der Waals surface area contributed by atoms with Crippen LogP contribution in [-0.4, -0.2) is 0 Å². The first-order valence-electron chi connectivity index (χ1n) is 13.1. The zero-order valence-corrected chi connectivity index (χ0v) is 23.2. The fourth-order valence-electron chi connectivity index (χ4n) is 6.79. The summed E-state index contributed by atoms with van der Waals surface area (Å²) < 4.78 is 1.46. The minimum Gasteiger partial charge on any atom is -0.0837 e. The summed E-state index contributed by atoms with van der Waals surface area (Å²) in [6.45, 7) is 11.0. The molecule has 0 aromatic heterocycles. The fourth-order valence-corrected chi connectivity index (χ4v) is 8.08. The van der Waals surface area contributed by atoms with E-state index < -0.39 is 0 Å². The van der Waals surface area contributed by atoms with Crippen LogP contribution in [-0.2, 0) is 51.4 Å². The highest BCUT2D eigenvalue weighted by atomic mass is 79.9. The van der Waals surface area contributed by atoms with Gasteiger partial charge in [0.25, 0.3) is 0 Å². The van der Waals surface area contributed by atoms with Gasteiger partial charge >= 0.3 is 0 Å². The van der Waals surface area contributed by atoms with Gasteiger partial charge in [0.15, 0.2) is 0 Å². The number of halogens is 2. The Labute approximate surface area is 209 Å². The van der Waals surface area contributed by atoms with E-state index in [9.17, 15) is 0 Å². The summed E-state index contributed by atoms with van der Waals surface area (Å²) in [6.07, 6.45) is 15.5. The molecule has 0 unspecified atom stereocenters. The van der Waals surface area contributed by atoms with Crippen molar-refractivity contribution in [1.82, 2.24) is 0 Å². The van der Waals surface area contributed by atoms with Crippen molar-refractivity contribution in [2.24, 2.45) is 0 Å². The van der Waals surface area contributed by atoms with E-state index in [1.807, 2.05) is 13.8 Å². The van der Waals surface area contributed by atoms with Crippen molar-refractivity contribution in [3.05, 3.63) is 65.1 Å². The lowest BCUT2D eigenvalue weighted by Gasteiger charge is -2.19. The minimum absolute atomic E-state index is 0.663. The van der Waals surface area contributed by atoms with Crippen LogP contribution in [0.1, 0.15) is 115 Å². The van der Waals surface area contributed by atoms with Gasteiger partial charge in [-0.1, -0.05) is 55.2 Å². The molecule has 2 aromatic carbocycles. The van der Waals surface area contributed by atoms with Gasteiger partial charge in [-0.05, 0) is 146 Å². The highest BCUT2D eigenvalue weighted by Gasteiger charge is 2.29. The highest BCUT2D eigenvalue weighted by Crippen LogP contribution is 2.44. The Morgan fingerprint density at radius 1 is 0.594 bits per heavy atom. The molecule has 0 fully saturated rings. The molecule has 0 spiro atoms. The second-order valence-corrected chi connectivity index (χ2v) is 11.2. The lowest BCUT2D eigenvalue weighted by atomic mass is 9.87. The molecule has 174 valence electrons. The third kappa shape index (κ3) is 4.11. The predicted molar refractivity (Wildman–Crippen MR) is 144 cm³/mol. The van der Waals surface area contributed by atoms with Crippen LogP contribution in [0.2, 0.25) is 5.02 Å². The van der Waals surface area contributed by atoms with Gasteiger partial charge in [0.1, 0.15) is 0 Å². The second kappa shape index (κ2) is 10.2. The van der Waals surface area contributed by atoms with E-state index in [4.69, 9.17) is 11.6 Å². The van der Waals surface area contributed by atoms with E-state index in [2.05, 4.69) is 36.7 Å². The topological polar surface area (TPSA) is 0 Å². The lowest BCUT2D eigenvalue weighted by Crippen LogP contribution is -2.04. The molecule has 0 saturated heterocycles. The zero-order chi connectivity index (χ0) is 23.0. The molecule has 0 N–H and O–H groups in total. The molecule has 0 amide bonds. The standard InChI is InChI=1S/C15H19Cl.C13H15Br.C2H6/c1-9(2)14-10-5-3-7-12(10)15(16)13-8-4-6-11(13)14;1-8-9-4-2-6-11(9)13(14)12-7-3-5-10(8)12;1-2/h9H,3-8H2,1-2H3;2-7H2,1H3;1-2H3. The van der Waals surface area contributed by atoms with E-state index in [-0.39, 0.29) is 0 Å². The molecule has 0 atom stereocenters. The molecule has 0 saturated carbocycles. The van der Waals surface area contributed by atoms with Crippen molar-refractivity contribution in [2.45, 2.75) is 118 Å². The van der Waals surface area contributed by atoms with Crippen LogP contribution in [0.3, 0.4) is 0 Å². The van der Waals surface area contributed by atoms with Gasteiger partial charge in [-0.25, -0.2) is 0 Å². The molecule has 2 heteroatoms. The Bertz CT molecular complexity index is 907. The first-order valence-corrected chi connectivity index (χ1v) is 14.3. The Balaban J connectivity index is 0.000000143.